The third-order valence-electron chi connectivity index (χ3n) is 2.79. The molecule has 0 saturated carbocycles. The first kappa shape index (κ1) is 14.5. The van der Waals surface area contributed by atoms with Crippen LogP contribution in [0.1, 0.15) is 15.9 Å². The molecule has 0 aromatic heterocycles. The molecule has 1 amide bonds. The zero-order chi connectivity index (χ0) is 14.9. The highest BCUT2D eigenvalue weighted by Gasteiger charge is 2.12. The Bertz CT molecular complexity index is 664. The van der Waals surface area contributed by atoms with Crippen molar-refractivity contribution in [2.75, 3.05) is 11.1 Å². The number of halogens is 2. The first-order chi connectivity index (χ1) is 9.38. The average molecular weight is 311 g/mol. The topological polar surface area (TPSA) is 75.4 Å². The van der Waals surface area contributed by atoms with E-state index in [1.165, 1.54) is 18.2 Å². The van der Waals surface area contributed by atoms with E-state index in [9.17, 15) is 9.90 Å². The maximum atomic E-state index is 12.1. The van der Waals surface area contributed by atoms with Crippen LogP contribution in [0.5, 0.6) is 5.75 Å². The fourth-order valence-electron chi connectivity index (χ4n) is 1.63. The molecule has 0 atom stereocenters. The second kappa shape index (κ2) is 5.61. The molecule has 0 heterocycles. The molecular weight excluding hydrogens is 299 g/mol. The molecule has 2 aromatic carbocycles. The molecule has 2 aromatic rings. The number of rotatable bonds is 2. The van der Waals surface area contributed by atoms with E-state index in [4.69, 9.17) is 28.9 Å². The highest BCUT2D eigenvalue weighted by molar-refractivity contribution is 6.44. The summed E-state index contributed by atoms with van der Waals surface area (Å²) in [5.41, 5.74) is 7.38. The normalized spacial score (nSPS) is 10.3. The summed E-state index contributed by atoms with van der Waals surface area (Å²) in [6, 6.07) is 7.73. The predicted molar refractivity (Wildman–Crippen MR) is 81.7 cm³/mol. The number of aromatic hydroxyl groups is 1. The summed E-state index contributed by atoms with van der Waals surface area (Å²) in [5, 5.41) is 12.7. The molecule has 0 saturated heterocycles. The molecule has 0 aliphatic carbocycles. The summed E-state index contributed by atoms with van der Waals surface area (Å²) in [7, 11) is 0. The van der Waals surface area contributed by atoms with Crippen molar-refractivity contribution in [2.24, 2.45) is 0 Å². The molecule has 4 N–H and O–H groups in total. The van der Waals surface area contributed by atoms with Gasteiger partial charge in [0.15, 0.2) is 0 Å². The lowest BCUT2D eigenvalue weighted by atomic mass is 10.1. The molecule has 0 bridgehead atoms. The number of nitrogens with two attached hydrogens (primary N) is 1. The van der Waals surface area contributed by atoms with E-state index in [1.54, 1.807) is 19.1 Å². The van der Waals surface area contributed by atoms with Crippen LogP contribution in [0.4, 0.5) is 11.4 Å². The van der Waals surface area contributed by atoms with Gasteiger partial charge >= 0.3 is 0 Å². The summed E-state index contributed by atoms with van der Waals surface area (Å²) in [4.78, 5) is 12.1. The van der Waals surface area contributed by atoms with Crippen molar-refractivity contribution in [1.29, 1.82) is 0 Å². The minimum atomic E-state index is -0.390. The molecule has 4 nitrogen and oxygen atoms in total. The van der Waals surface area contributed by atoms with Gasteiger partial charge in [-0.05, 0) is 30.7 Å². The SMILES string of the molecule is Cc1ccc(NC(=O)c2cc(N)c(Cl)c(Cl)c2)cc1O. The van der Waals surface area contributed by atoms with Crippen molar-refractivity contribution in [1.82, 2.24) is 0 Å². The van der Waals surface area contributed by atoms with Gasteiger partial charge in [0.1, 0.15) is 5.75 Å². The molecule has 0 fully saturated rings. The summed E-state index contributed by atoms with van der Waals surface area (Å²) >= 11 is 11.7. The van der Waals surface area contributed by atoms with E-state index in [0.717, 1.165) is 5.56 Å². The van der Waals surface area contributed by atoms with Gasteiger partial charge in [-0.15, -0.1) is 0 Å². The molecule has 0 aliphatic heterocycles. The third-order valence-corrected chi connectivity index (χ3v) is 3.60. The van der Waals surface area contributed by atoms with Crippen LogP contribution < -0.4 is 11.1 Å². The van der Waals surface area contributed by atoms with Crippen LogP contribution in [0.3, 0.4) is 0 Å². The van der Waals surface area contributed by atoms with Gasteiger partial charge in [0, 0.05) is 17.3 Å². The van der Waals surface area contributed by atoms with Crippen LogP contribution in [0.2, 0.25) is 10.0 Å². The van der Waals surface area contributed by atoms with Gasteiger partial charge in [0.2, 0.25) is 0 Å². The fourth-order valence-corrected chi connectivity index (χ4v) is 1.97. The van der Waals surface area contributed by atoms with Crippen LogP contribution in [-0.2, 0) is 0 Å². The Morgan fingerprint density at radius 2 is 1.95 bits per heavy atom. The number of nitrogen functional groups attached to an aromatic ring is 1. The van der Waals surface area contributed by atoms with Crippen LogP contribution in [0.25, 0.3) is 0 Å². The Labute approximate surface area is 126 Å². The van der Waals surface area contributed by atoms with Gasteiger partial charge in [0.25, 0.3) is 5.91 Å². The zero-order valence-corrected chi connectivity index (χ0v) is 12.1. The fraction of sp³-hybridized carbons (Fsp3) is 0.0714. The molecule has 0 spiro atoms. The highest BCUT2D eigenvalue weighted by Crippen LogP contribution is 2.30. The van der Waals surface area contributed by atoms with E-state index in [1.807, 2.05) is 0 Å². The predicted octanol–water partition coefficient (Wildman–Crippen LogP) is 3.84. The van der Waals surface area contributed by atoms with Crippen LogP contribution >= 0.6 is 23.2 Å². The second-order valence-electron chi connectivity index (χ2n) is 4.32. The monoisotopic (exact) mass is 310 g/mol. The molecule has 6 heteroatoms. The number of carbonyl (C=O) groups excluding carboxylic acids is 1. The van der Waals surface area contributed by atoms with Crippen LogP contribution in [-0.4, -0.2) is 11.0 Å². The van der Waals surface area contributed by atoms with E-state index in [2.05, 4.69) is 5.32 Å². The molecule has 0 radical (unpaired) electrons. The Hall–Kier alpha value is -1.91. The number of nitrogens with one attached hydrogen (secondary N) is 1. The lowest BCUT2D eigenvalue weighted by Crippen LogP contribution is -2.12. The van der Waals surface area contributed by atoms with Crippen LogP contribution in [0.15, 0.2) is 30.3 Å². The summed E-state index contributed by atoms with van der Waals surface area (Å²) in [5.74, 6) is -0.282. The number of anilines is 2. The van der Waals surface area contributed by atoms with Gasteiger partial charge < -0.3 is 16.2 Å². The third kappa shape index (κ3) is 2.98. The van der Waals surface area contributed by atoms with Gasteiger partial charge in [0.05, 0.1) is 15.7 Å². The largest absolute Gasteiger partial charge is 0.508 e. The minimum Gasteiger partial charge on any atom is -0.508 e. The highest BCUT2D eigenvalue weighted by atomic mass is 35.5. The number of hydrogen-bond donors (Lipinski definition) is 3. The number of phenolic OH excluding ortho intramolecular Hbond substituents is 1. The van der Waals surface area contributed by atoms with Crippen molar-refractivity contribution in [3.05, 3.63) is 51.5 Å². The van der Waals surface area contributed by atoms with E-state index in [0.29, 0.717) is 5.69 Å². The number of amides is 1. The Morgan fingerprint density at radius 1 is 1.25 bits per heavy atom. The van der Waals surface area contributed by atoms with Crippen molar-refractivity contribution in [2.45, 2.75) is 6.92 Å². The van der Waals surface area contributed by atoms with Gasteiger partial charge in [-0.25, -0.2) is 0 Å². The first-order valence-corrected chi connectivity index (χ1v) is 6.49. The molecule has 2 rings (SSSR count). The number of carbonyl (C=O) groups is 1. The van der Waals surface area contributed by atoms with E-state index >= 15 is 0 Å². The van der Waals surface area contributed by atoms with E-state index in [-0.39, 0.29) is 27.0 Å². The number of hydrogen-bond acceptors (Lipinski definition) is 3. The lowest BCUT2D eigenvalue weighted by molar-refractivity contribution is 0.102. The summed E-state index contributed by atoms with van der Waals surface area (Å²) < 4.78 is 0. The Kier molecular flexibility index (Phi) is 4.06. The second-order valence-corrected chi connectivity index (χ2v) is 5.10. The number of benzene rings is 2. The van der Waals surface area contributed by atoms with Crippen molar-refractivity contribution in [3.63, 3.8) is 0 Å². The smallest absolute Gasteiger partial charge is 0.255 e. The van der Waals surface area contributed by atoms with Gasteiger partial charge in [-0.2, -0.15) is 0 Å². The standard InChI is InChI=1S/C14H12Cl2N2O2/c1-7-2-3-9(6-12(7)19)18-14(20)8-4-10(15)13(16)11(17)5-8/h2-6,19H,17H2,1H3,(H,18,20). The molecule has 104 valence electrons. The van der Waals surface area contributed by atoms with Gasteiger partial charge in [-0.1, -0.05) is 29.3 Å². The molecular formula is C14H12Cl2N2O2. The summed E-state index contributed by atoms with van der Waals surface area (Å²) in [6.45, 7) is 1.76. The zero-order valence-electron chi connectivity index (χ0n) is 10.6. The van der Waals surface area contributed by atoms with E-state index < -0.39 is 5.91 Å². The maximum absolute atomic E-state index is 12.1. The van der Waals surface area contributed by atoms with Crippen molar-refractivity contribution < 1.29 is 9.90 Å². The quantitative estimate of drug-likeness (QED) is 0.738. The maximum Gasteiger partial charge on any atom is 0.255 e. The Balaban J connectivity index is 2.26. The first-order valence-electron chi connectivity index (χ1n) is 5.74. The van der Waals surface area contributed by atoms with Crippen LogP contribution in [0, 0.1) is 6.92 Å². The number of phenols is 1. The summed E-state index contributed by atoms with van der Waals surface area (Å²) in [6.07, 6.45) is 0. The Morgan fingerprint density at radius 3 is 2.55 bits per heavy atom. The average Bonchev–Trinajstić information content (AvgIpc) is 2.39. The minimum absolute atomic E-state index is 0.108. The van der Waals surface area contributed by atoms with Gasteiger partial charge in [-0.3, -0.25) is 4.79 Å². The lowest BCUT2D eigenvalue weighted by Gasteiger charge is -2.09. The molecule has 20 heavy (non-hydrogen) atoms. The molecule has 0 unspecified atom stereocenters. The van der Waals surface area contributed by atoms with Crippen molar-refractivity contribution >= 4 is 40.5 Å². The van der Waals surface area contributed by atoms with Crippen molar-refractivity contribution in [3.8, 4) is 5.75 Å². The number of aryl methyl sites for hydroxylation is 1. The molecule has 0 aliphatic rings.